The first kappa shape index (κ1) is 9.15. The Morgan fingerprint density at radius 2 is 1.87 bits per heavy atom. The predicted octanol–water partition coefficient (Wildman–Crippen LogP) is 0.108. The molecule has 0 aromatic heterocycles. The molecule has 1 N–H and O–H groups in total. The molecule has 4 aliphatic rings. The number of carbonyl (C=O) groups excluding carboxylic acids is 2. The number of carbonyl (C=O) groups is 2. The van der Waals surface area contributed by atoms with Crippen molar-refractivity contribution in [2.75, 3.05) is 0 Å². The van der Waals surface area contributed by atoms with E-state index in [1.54, 1.807) is 0 Å². The van der Waals surface area contributed by atoms with Crippen LogP contribution in [0, 0.1) is 5.41 Å². The zero-order valence-corrected chi connectivity index (χ0v) is 8.19. The first-order valence-corrected chi connectivity index (χ1v) is 5.19. The van der Waals surface area contributed by atoms with Gasteiger partial charge in [0.1, 0.15) is 0 Å². The highest BCUT2D eigenvalue weighted by molar-refractivity contribution is 5.87. The quantitative estimate of drug-likeness (QED) is 0.577. The zero-order valence-electron chi connectivity index (χ0n) is 8.19. The summed E-state index contributed by atoms with van der Waals surface area (Å²) in [5, 5.41) is 9.93. The molecular formula is C10H12O5. The summed E-state index contributed by atoms with van der Waals surface area (Å²) < 4.78 is 9.98. The maximum Gasteiger partial charge on any atom is 0.349 e. The lowest BCUT2D eigenvalue weighted by atomic mass is 9.69. The number of hydrogen-bond donors (Lipinski definition) is 1. The van der Waals surface area contributed by atoms with Gasteiger partial charge in [-0.15, -0.1) is 0 Å². The van der Waals surface area contributed by atoms with E-state index in [2.05, 4.69) is 0 Å². The van der Waals surface area contributed by atoms with Gasteiger partial charge in [0.05, 0.1) is 5.41 Å². The van der Waals surface area contributed by atoms with E-state index in [0.717, 1.165) is 0 Å². The van der Waals surface area contributed by atoms with Crippen LogP contribution in [-0.2, 0) is 19.1 Å². The standard InChI is InChI=1S/C10H12O5/c11-7-6-5-9(8(12)14-6)1-3-10(13,15-7)4-2-9/h6,13H,1-5H2. The minimum Gasteiger partial charge on any atom is -0.450 e. The fourth-order valence-corrected chi connectivity index (χ4v) is 2.75. The van der Waals surface area contributed by atoms with Crippen LogP contribution in [0.4, 0.5) is 0 Å². The van der Waals surface area contributed by atoms with Crippen LogP contribution in [0.5, 0.6) is 0 Å². The van der Waals surface area contributed by atoms with Crippen molar-refractivity contribution in [3.8, 4) is 0 Å². The third kappa shape index (κ3) is 1.13. The number of hydrogen-bond acceptors (Lipinski definition) is 5. The van der Waals surface area contributed by atoms with Gasteiger partial charge in [0, 0.05) is 19.3 Å². The molecule has 3 heterocycles. The number of fused-ring (bicyclic) bond motifs is 3. The smallest absolute Gasteiger partial charge is 0.349 e. The van der Waals surface area contributed by atoms with Gasteiger partial charge in [-0.2, -0.15) is 0 Å². The van der Waals surface area contributed by atoms with Crippen LogP contribution in [0.25, 0.3) is 0 Å². The lowest BCUT2D eigenvalue weighted by Gasteiger charge is -2.40. The first-order chi connectivity index (χ1) is 7.03. The summed E-state index contributed by atoms with van der Waals surface area (Å²) in [4.78, 5) is 23.2. The van der Waals surface area contributed by atoms with Crippen molar-refractivity contribution in [1.29, 1.82) is 0 Å². The third-order valence-corrected chi connectivity index (χ3v) is 3.80. The number of rotatable bonds is 0. The average Bonchev–Trinajstić information content (AvgIpc) is 2.51. The van der Waals surface area contributed by atoms with Crippen LogP contribution in [0.3, 0.4) is 0 Å². The van der Waals surface area contributed by atoms with Crippen LogP contribution >= 0.6 is 0 Å². The molecule has 1 aliphatic carbocycles. The molecule has 0 aromatic carbocycles. The summed E-state index contributed by atoms with van der Waals surface area (Å²) in [6.45, 7) is 0. The fourth-order valence-electron chi connectivity index (χ4n) is 2.75. The molecule has 1 unspecified atom stereocenters. The second-order valence-corrected chi connectivity index (χ2v) is 4.75. The summed E-state index contributed by atoms with van der Waals surface area (Å²) >= 11 is 0. The van der Waals surface area contributed by atoms with Crippen LogP contribution < -0.4 is 0 Å². The molecule has 1 spiro atoms. The van der Waals surface area contributed by atoms with E-state index in [1.807, 2.05) is 0 Å². The van der Waals surface area contributed by atoms with E-state index >= 15 is 0 Å². The predicted molar refractivity (Wildman–Crippen MR) is 46.4 cm³/mol. The van der Waals surface area contributed by atoms with Crippen molar-refractivity contribution < 1.29 is 24.2 Å². The molecule has 0 radical (unpaired) electrons. The van der Waals surface area contributed by atoms with Crippen molar-refractivity contribution >= 4 is 11.9 Å². The Hall–Kier alpha value is -1.10. The SMILES string of the molecule is O=C1OC2(O)CCC3(CC2)CC1OC3=O. The normalized spacial score (nSPS) is 48.2. The van der Waals surface area contributed by atoms with Crippen molar-refractivity contribution in [3.63, 3.8) is 0 Å². The Morgan fingerprint density at radius 3 is 2.53 bits per heavy atom. The summed E-state index contributed by atoms with van der Waals surface area (Å²) in [6.07, 6.45) is 1.38. The number of esters is 2. The molecule has 1 saturated carbocycles. The van der Waals surface area contributed by atoms with Crippen LogP contribution in [-0.4, -0.2) is 28.9 Å². The first-order valence-electron chi connectivity index (χ1n) is 5.19. The van der Waals surface area contributed by atoms with E-state index < -0.39 is 23.3 Å². The van der Waals surface area contributed by atoms with Crippen LogP contribution in [0.2, 0.25) is 0 Å². The van der Waals surface area contributed by atoms with Crippen molar-refractivity contribution in [3.05, 3.63) is 0 Å². The van der Waals surface area contributed by atoms with Crippen LogP contribution in [0.15, 0.2) is 0 Å². The molecular weight excluding hydrogens is 200 g/mol. The summed E-state index contributed by atoms with van der Waals surface area (Å²) in [5.74, 6) is -2.27. The molecule has 82 valence electrons. The third-order valence-electron chi connectivity index (χ3n) is 3.80. The fraction of sp³-hybridized carbons (Fsp3) is 0.800. The summed E-state index contributed by atoms with van der Waals surface area (Å²) in [5.41, 5.74) is -0.531. The number of ether oxygens (including phenoxy) is 2. The number of aliphatic hydroxyl groups is 1. The highest BCUT2D eigenvalue weighted by Gasteiger charge is 2.59. The molecule has 1 atom stereocenters. The molecule has 4 fully saturated rings. The van der Waals surface area contributed by atoms with Crippen LogP contribution in [0.1, 0.15) is 32.1 Å². The topological polar surface area (TPSA) is 72.8 Å². The zero-order chi connectivity index (χ0) is 10.7. The summed E-state index contributed by atoms with van der Waals surface area (Å²) in [6, 6.07) is 0. The Balaban J connectivity index is 2.02. The van der Waals surface area contributed by atoms with Gasteiger partial charge >= 0.3 is 11.9 Å². The highest BCUT2D eigenvalue weighted by Crippen LogP contribution is 2.51. The largest absolute Gasteiger partial charge is 0.450 e. The Morgan fingerprint density at radius 1 is 1.20 bits per heavy atom. The molecule has 15 heavy (non-hydrogen) atoms. The van der Waals surface area contributed by atoms with Crippen molar-refractivity contribution in [2.45, 2.75) is 44.0 Å². The molecule has 3 saturated heterocycles. The Kier molecular flexibility index (Phi) is 1.54. The van der Waals surface area contributed by atoms with Gasteiger partial charge in [-0.3, -0.25) is 4.79 Å². The lowest BCUT2D eigenvalue weighted by Crippen LogP contribution is -2.47. The molecule has 3 bridgehead atoms. The minimum absolute atomic E-state index is 0.298. The van der Waals surface area contributed by atoms with E-state index in [-0.39, 0.29) is 5.97 Å². The monoisotopic (exact) mass is 212 g/mol. The van der Waals surface area contributed by atoms with Gasteiger partial charge in [0.25, 0.3) is 0 Å². The molecule has 0 amide bonds. The maximum absolute atomic E-state index is 11.7. The van der Waals surface area contributed by atoms with E-state index in [9.17, 15) is 14.7 Å². The summed E-state index contributed by atoms with van der Waals surface area (Å²) in [7, 11) is 0. The highest BCUT2D eigenvalue weighted by atomic mass is 16.7. The molecule has 0 aromatic rings. The Labute approximate surface area is 86.4 Å². The van der Waals surface area contributed by atoms with Gasteiger partial charge in [0.2, 0.25) is 5.79 Å². The molecule has 4 rings (SSSR count). The van der Waals surface area contributed by atoms with Gasteiger partial charge in [0.15, 0.2) is 6.10 Å². The molecule has 3 aliphatic heterocycles. The molecule has 5 heteroatoms. The maximum atomic E-state index is 11.7. The van der Waals surface area contributed by atoms with Crippen molar-refractivity contribution in [1.82, 2.24) is 0 Å². The van der Waals surface area contributed by atoms with Crippen molar-refractivity contribution in [2.24, 2.45) is 5.41 Å². The lowest BCUT2D eigenvalue weighted by molar-refractivity contribution is -0.235. The van der Waals surface area contributed by atoms with Gasteiger partial charge < -0.3 is 14.6 Å². The van der Waals surface area contributed by atoms with E-state index in [1.165, 1.54) is 0 Å². The Bertz CT molecular complexity index is 340. The second kappa shape index (κ2) is 2.52. The van der Waals surface area contributed by atoms with Gasteiger partial charge in [-0.05, 0) is 12.8 Å². The second-order valence-electron chi connectivity index (χ2n) is 4.75. The van der Waals surface area contributed by atoms with E-state index in [4.69, 9.17) is 9.47 Å². The molecule has 5 nitrogen and oxygen atoms in total. The van der Waals surface area contributed by atoms with Gasteiger partial charge in [-0.25, -0.2) is 4.79 Å². The minimum atomic E-state index is -1.37. The average molecular weight is 212 g/mol. The van der Waals surface area contributed by atoms with Gasteiger partial charge in [-0.1, -0.05) is 0 Å². The van der Waals surface area contributed by atoms with E-state index in [0.29, 0.717) is 32.1 Å².